The number of methoxy groups -OCH3 is 1. The van der Waals surface area contributed by atoms with Gasteiger partial charge in [-0.2, -0.15) is 5.26 Å². The summed E-state index contributed by atoms with van der Waals surface area (Å²) in [6.45, 7) is 3.03. The van der Waals surface area contributed by atoms with Crippen molar-refractivity contribution in [2.75, 3.05) is 33.3 Å². The van der Waals surface area contributed by atoms with Gasteiger partial charge in [-0.1, -0.05) is 6.07 Å². The third kappa shape index (κ3) is 3.81. The second-order valence-electron chi connectivity index (χ2n) is 7.83. The van der Waals surface area contributed by atoms with E-state index in [4.69, 9.17) is 4.74 Å². The van der Waals surface area contributed by atoms with E-state index < -0.39 is 0 Å². The van der Waals surface area contributed by atoms with E-state index in [1.807, 2.05) is 6.07 Å². The molecule has 2 aliphatic heterocycles. The highest BCUT2D eigenvalue weighted by molar-refractivity contribution is 5.85. The van der Waals surface area contributed by atoms with Crippen LogP contribution in [0, 0.1) is 17.2 Å². The number of pyridine rings is 1. The summed E-state index contributed by atoms with van der Waals surface area (Å²) in [7, 11) is 1.69. The Morgan fingerprint density at radius 3 is 3.04 bits per heavy atom. The summed E-state index contributed by atoms with van der Waals surface area (Å²) in [6.07, 6.45) is 5.60. The number of ether oxygens (including phenoxy) is 1. The normalized spacial score (nSPS) is 22.5. The van der Waals surface area contributed by atoms with Gasteiger partial charge in [0.2, 0.25) is 5.91 Å². The molecule has 0 bridgehead atoms. The molecule has 4 rings (SSSR count). The molecule has 2 atom stereocenters. The summed E-state index contributed by atoms with van der Waals surface area (Å²) < 4.78 is 5.47. The number of hydrogen-bond acceptors (Lipinski definition) is 5. The van der Waals surface area contributed by atoms with E-state index in [0.29, 0.717) is 12.5 Å². The van der Waals surface area contributed by atoms with Crippen LogP contribution < -0.4 is 4.74 Å². The Labute approximate surface area is 165 Å². The molecule has 2 aromatic rings. The largest absolute Gasteiger partial charge is 0.496 e. The van der Waals surface area contributed by atoms with Gasteiger partial charge in [-0.15, -0.1) is 0 Å². The molecule has 0 aliphatic carbocycles. The Morgan fingerprint density at radius 2 is 2.21 bits per heavy atom. The molecule has 146 valence electrons. The number of fused-ring (bicyclic) bond motifs is 1. The van der Waals surface area contributed by atoms with Crippen LogP contribution in [0.25, 0.3) is 10.9 Å². The minimum atomic E-state index is -0.230. The highest BCUT2D eigenvalue weighted by Gasteiger charge is 2.31. The molecule has 3 heterocycles. The molecule has 0 saturated carbocycles. The molecule has 0 spiro atoms. The van der Waals surface area contributed by atoms with Crippen LogP contribution in [0.2, 0.25) is 0 Å². The Bertz CT molecular complexity index is 907. The van der Waals surface area contributed by atoms with Gasteiger partial charge < -0.3 is 9.64 Å². The fourth-order valence-corrected chi connectivity index (χ4v) is 4.51. The van der Waals surface area contributed by atoms with Gasteiger partial charge in [0, 0.05) is 24.7 Å². The first-order valence-electron chi connectivity index (χ1n) is 10.0. The van der Waals surface area contributed by atoms with Crippen LogP contribution in [-0.4, -0.2) is 60.0 Å². The van der Waals surface area contributed by atoms with E-state index in [-0.39, 0.29) is 11.9 Å². The average molecular weight is 378 g/mol. The van der Waals surface area contributed by atoms with E-state index in [0.717, 1.165) is 62.0 Å². The van der Waals surface area contributed by atoms with Gasteiger partial charge >= 0.3 is 0 Å². The molecule has 0 N–H and O–H groups in total. The molecule has 1 aromatic carbocycles. The molecule has 0 unspecified atom stereocenters. The predicted octanol–water partition coefficient (Wildman–Crippen LogP) is 2.62. The molecule has 28 heavy (non-hydrogen) atoms. The van der Waals surface area contributed by atoms with Crippen LogP contribution in [0.5, 0.6) is 5.75 Å². The van der Waals surface area contributed by atoms with Crippen molar-refractivity contribution in [1.29, 1.82) is 5.26 Å². The van der Waals surface area contributed by atoms with Gasteiger partial charge in [0.15, 0.2) is 0 Å². The number of amides is 1. The first-order valence-corrected chi connectivity index (χ1v) is 10.0. The number of carbonyl (C=O) groups is 1. The lowest BCUT2D eigenvalue weighted by atomic mass is 9.97. The highest BCUT2D eigenvalue weighted by atomic mass is 16.5. The van der Waals surface area contributed by atoms with Crippen molar-refractivity contribution in [3.63, 3.8) is 0 Å². The molecular weight excluding hydrogens is 352 g/mol. The Hall–Kier alpha value is -2.65. The van der Waals surface area contributed by atoms with Gasteiger partial charge in [0.1, 0.15) is 11.8 Å². The molecule has 2 aliphatic rings. The van der Waals surface area contributed by atoms with Gasteiger partial charge in [-0.05, 0) is 61.9 Å². The summed E-state index contributed by atoms with van der Waals surface area (Å²) in [6, 6.07) is 10.3. The van der Waals surface area contributed by atoms with E-state index in [1.165, 1.54) is 5.56 Å². The van der Waals surface area contributed by atoms with Crippen LogP contribution >= 0.6 is 0 Å². The minimum Gasteiger partial charge on any atom is -0.496 e. The smallest absolute Gasteiger partial charge is 0.237 e. The zero-order valence-electron chi connectivity index (χ0n) is 16.3. The van der Waals surface area contributed by atoms with Gasteiger partial charge in [0.25, 0.3) is 0 Å². The number of benzene rings is 1. The van der Waals surface area contributed by atoms with Crippen molar-refractivity contribution >= 4 is 16.8 Å². The summed E-state index contributed by atoms with van der Waals surface area (Å²) in [5.74, 6) is 1.49. The van der Waals surface area contributed by atoms with E-state index in [9.17, 15) is 10.1 Å². The van der Waals surface area contributed by atoms with E-state index >= 15 is 0 Å². The molecule has 2 fully saturated rings. The second-order valence-corrected chi connectivity index (χ2v) is 7.83. The van der Waals surface area contributed by atoms with Crippen LogP contribution in [0.15, 0.2) is 30.5 Å². The first kappa shape index (κ1) is 18.7. The number of nitrogens with zero attached hydrogens (tertiary/aromatic N) is 4. The lowest BCUT2D eigenvalue weighted by Gasteiger charge is -2.23. The lowest BCUT2D eigenvalue weighted by Crippen LogP contribution is -2.41. The molecular formula is C22H26N4O2. The van der Waals surface area contributed by atoms with E-state index in [1.54, 1.807) is 18.2 Å². The SMILES string of the molecule is COc1ccnc2ccc(C[C@@H]3CCN(CC(=O)N4CCC[C@H]4C#N)C3)cc12. The summed E-state index contributed by atoms with van der Waals surface area (Å²) >= 11 is 0. The number of likely N-dealkylation sites (tertiary alicyclic amines) is 2. The van der Waals surface area contributed by atoms with Crippen LogP contribution in [0.4, 0.5) is 0 Å². The van der Waals surface area contributed by atoms with Crippen molar-refractivity contribution < 1.29 is 9.53 Å². The Kier molecular flexibility index (Phi) is 5.45. The third-order valence-electron chi connectivity index (χ3n) is 5.96. The van der Waals surface area contributed by atoms with Crippen molar-refractivity contribution in [3.05, 3.63) is 36.0 Å². The lowest BCUT2D eigenvalue weighted by molar-refractivity contribution is -0.132. The van der Waals surface area contributed by atoms with Crippen molar-refractivity contribution in [2.45, 2.75) is 31.7 Å². The molecule has 6 heteroatoms. The summed E-state index contributed by atoms with van der Waals surface area (Å²) in [4.78, 5) is 21.0. The number of carbonyl (C=O) groups excluding carboxylic acids is 1. The van der Waals surface area contributed by atoms with Gasteiger partial charge in [-0.3, -0.25) is 14.7 Å². The monoisotopic (exact) mass is 378 g/mol. The van der Waals surface area contributed by atoms with Crippen molar-refractivity contribution in [3.8, 4) is 11.8 Å². The zero-order chi connectivity index (χ0) is 19.5. The fraction of sp³-hybridized carbons (Fsp3) is 0.500. The second kappa shape index (κ2) is 8.15. The highest BCUT2D eigenvalue weighted by Crippen LogP contribution is 2.27. The zero-order valence-corrected chi connectivity index (χ0v) is 16.3. The molecule has 0 radical (unpaired) electrons. The fourth-order valence-electron chi connectivity index (χ4n) is 4.51. The van der Waals surface area contributed by atoms with E-state index in [2.05, 4.69) is 34.2 Å². The van der Waals surface area contributed by atoms with Crippen LogP contribution in [0.3, 0.4) is 0 Å². The first-order chi connectivity index (χ1) is 13.7. The summed E-state index contributed by atoms with van der Waals surface area (Å²) in [5.41, 5.74) is 2.22. The predicted molar refractivity (Wildman–Crippen MR) is 107 cm³/mol. The molecule has 1 aromatic heterocycles. The Morgan fingerprint density at radius 1 is 1.32 bits per heavy atom. The number of aromatic nitrogens is 1. The van der Waals surface area contributed by atoms with Crippen molar-refractivity contribution in [2.24, 2.45) is 5.92 Å². The van der Waals surface area contributed by atoms with Gasteiger partial charge in [0.05, 0.1) is 25.2 Å². The molecule has 6 nitrogen and oxygen atoms in total. The summed E-state index contributed by atoms with van der Waals surface area (Å²) in [5, 5.41) is 10.2. The molecule has 1 amide bonds. The van der Waals surface area contributed by atoms with Crippen molar-refractivity contribution in [1.82, 2.24) is 14.8 Å². The minimum absolute atomic E-state index is 0.103. The van der Waals surface area contributed by atoms with Crippen LogP contribution in [-0.2, 0) is 11.2 Å². The number of rotatable bonds is 5. The maximum absolute atomic E-state index is 12.6. The van der Waals surface area contributed by atoms with Crippen LogP contribution in [0.1, 0.15) is 24.8 Å². The average Bonchev–Trinajstić information content (AvgIpc) is 3.36. The third-order valence-corrected chi connectivity index (χ3v) is 5.96. The van der Waals surface area contributed by atoms with Gasteiger partial charge in [-0.25, -0.2) is 0 Å². The molecule has 2 saturated heterocycles. The number of nitriles is 1. The topological polar surface area (TPSA) is 69.5 Å². The standard InChI is InChI=1S/C22H26N4O2/c1-28-21-6-8-24-20-5-4-16(12-19(20)21)11-17-7-10-25(14-17)15-22(27)26-9-2-3-18(26)13-23/h4-6,8,12,17-18H,2-3,7,9-11,14-15H2,1H3/t17-,18-/m0/s1. The number of hydrogen-bond donors (Lipinski definition) is 0. The maximum atomic E-state index is 12.6. The Balaban J connectivity index is 1.37. The quantitative estimate of drug-likeness (QED) is 0.800. The maximum Gasteiger partial charge on any atom is 0.237 e.